The van der Waals surface area contributed by atoms with E-state index in [0.717, 1.165) is 43.8 Å². The Bertz CT molecular complexity index is 1420. The molecule has 0 aliphatic rings. The molecule has 0 spiro atoms. The van der Waals surface area contributed by atoms with Gasteiger partial charge in [-0.15, -0.1) is 0 Å². The number of pyridine rings is 2. The molecule has 4 nitrogen and oxygen atoms in total. The monoisotopic (exact) mass is 390 g/mol. The Morgan fingerprint density at radius 3 is 2.50 bits per heavy atom. The summed E-state index contributed by atoms with van der Waals surface area (Å²) in [4.78, 5) is 21.5. The van der Waals surface area contributed by atoms with E-state index in [1.54, 1.807) is 12.3 Å². The molecule has 0 N–H and O–H groups in total. The van der Waals surface area contributed by atoms with Crippen LogP contribution in [0.2, 0.25) is 0 Å². The third kappa shape index (κ3) is 3.40. The van der Waals surface area contributed by atoms with Gasteiger partial charge in [-0.3, -0.25) is 4.98 Å². The van der Waals surface area contributed by atoms with E-state index in [1.807, 2.05) is 66.7 Å². The van der Waals surface area contributed by atoms with E-state index in [1.165, 1.54) is 6.08 Å². The zero-order chi connectivity index (χ0) is 20.3. The van der Waals surface area contributed by atoms with Crippen molar-refractivity contribution in [3.63, 3.8) is 0 Å². The van der Waals surface area contributed by atoms with Crippen molar-refractivity contribution in [1.29, 1.82) is 0 Å². The number of para-hydroxylation sites is 2. The average molecular weight is 390 g/mol. The summed E-state index contributed by atoms with van der Waals surface area (Å²) in [5.74, 6) is -0.415. The Morgan fingerprint density at radius 1 is 0.833 bits per heavy atom. The molecule has 0 saturated carbocycles. The van der Waals surface area contributed by atoms with Crippen LogP contribution in [0.25, 0.3) is 38.7 Å². The molecule has 3 aromatic carbocycles. The Morgan fingerprint density at radius 2 is 1.60 bits per heavy atom. The first kappa shape index (κ1) is 18.0. The number of hydrogen-bond acceptors (Lipinski definition) is 4. The molecular formula is C26H18N2O2. The van der Waals surface area contributed by atoms with Crippen molar-refractivity contribution in [2.45, 2.75) is 6.61 Å². The quantitative estimate of drug-likeness (QED) is 0.225. The maximum absolute atomic E-state index is 12.4. The Kier molecular flexibility index (Phi) is 4.66. The fourth-order valence-electron chi connectivity index (χ4n) is 3.69. The molecule has 0 atom stereocenters. The summed E-state index contributed by atoms with van der Waals surface area (Å²) in [6, 6.07) is 25.8. The number of hydrogen-bond donors (Lipinski definition) is 0. The highest BCUT2D eigenvalue weighted by Crippen LogP contribution is 2.26. The SMILES string of the molecule is O=C(/C=C/c1cccc2cccnc12)OCc1nc2ccccc2c2ccccc12. The molecule has 0 aliphatic carbocycles. The zero-order valence-corrected chi connectivity index (χ0v) is 16.2. The fourth-order valence-corrected chi connectivity index (χ4v) is 3.69. The first-order valence-electron chi connectivity index (χ1n) is 9.74. The standard InChI is InChI=1S/C26H18N2O2/c29-25(15-14-19-8-5-7-18-9-6-16-27-26(18)19)30-17-24-22-12-2-1-10-20(22)21-11-3-4-13-23(21)28-24/h1-16H,17H2/b15-14+. The maximum Gasteiger partial charge on any atom is 0.331 e. The third-order valence-corrected chi connectivity index (χ3v) is 5.10. The lowest BCUT2D eigenvalue weighted by atomic mass is 10.0. The lowest BCUT2D eigenvalue weighted by Gasteiger charge is -2.09. The highest BCUT2D eigenvalue weighted by molar-refractivity contribution is 6.06. The molecule has 30 heavy (non-hydrogen) atoms. The number of fused-ring (bicyclic) bond motifs is 4. The topological polar surface area (TPSA) is 52.1 Å². The number of aromatic nitrogens is 2. The molecule has 5 rings (SSSR count). The van der Waals surface area contributed by atoms with Gasteiger partial charge in [-0.1, -0.05) is 66.7 Å². The van der Waals surface area contributed by atoms with Crippen LogP contribution in [0, 0.1) is 0 Å². The number of nitrogens with zero attached hydrogens (tertiary/aromatic N) is 2. The summed E-state index contributed by atoms with van der Waals surface area (Å²) in [6.07, 6.45) is 4.92. The van der Waals surface area contributed by atoms with E-state index < -0.39 is 5.97 Å². The summed E-state index contributed by atoms with van der Waals surface area (Å²) in [5.41, 5.74) is 3.36. The fraction of sp³-hybridized carbons (Fsp3) is 0.0385. The Hall–Kier alpha value is -4.05. The molecule has 0 fully saturated rings. The van der Waals surface area contributed by atoms with Crippen LogP contribution in [0.3, 0.4) is 0 Å². The second-order valence-electron chi connectivity index (χ2n) is 6.98. The first-order valence-corrected chi connectivity index (χ1v) is 9.74. The van der Waals surface area contributed by atoms with Crippen molar-refractivity contribution in [2.24, 2.45) is 0 Å². The van der Waals surface area contributed by atoms with E-state index in [0.29, 0.717) is 0 Å². The first-order chi connectivity index (χ1) is 14.8. The normalized spacial score (nSPS) is 11.5. The van der Waals surface area contributed by atoms with Gasteiger partial charge in [0.25, 0.3) is 0 Å². The second-order valence-corrected chi connectivity index (χ2v) is 6.98. The van der Waals surface area contributed by atoms with Gasteiger partial charge in [0, 0.05) is 34.0 Å². The van der Waals surface area contributed by atoms with Crippen LogP contribution in [0.4, 0.5) is 0 Å². The number of ether oxygens (including phenoxy) is 1. The number of benzene rings is 3. The van der Waals surface area contributed by atoms with Gasteiger partial charge in [-0.05, 0) is 23.6 Å². The number of carbonyl (C=O) groups excluding carboxylic acids is 1. The second kappa shape index (κ2) is 7.76. The van der Waals surface area contributed by atoms with Gasteiger partial charge in [0.2, 0.25) is 0 Å². The molecular weight excluding hydrogens is 372 g/mol. The largest absolute Gasteiger partial charge is 0.456 e. The lowest BCUT2D eigenvalue weighted by Crippen LogP contribution is -2.03. The van der Waals surface area contributed by atoms with Gasteiger partial charge in [-0.2, -0.15) is 0 Å². The van der Waals surface area contributed by atoms with Crippen molar-refractivity contribution in [3.05, 3.63) is 102 Å². The summed E-state index contributed by atoms with van der Waals surface area (Å²) < 4.78 is 5.51. The highest BCUT2D eigenvalue weighted by Gasteiger charge is 2.09. The summed E-state index contributed by atoms with van der Waals surface area (Å²) >= 11 is 0. The smallest absolute Gasteiger partial charge is 0.331 e. The van der Waals surface area contributed by atoms with E-state index in [9.17, 15) is 4.79 Å². The molecule has 0 radical (unpaired) electrons. The Labute approximate surface area is 173 Å². The minimum Gasteiger partial charge on any atom is -0.456 e. The molecule has 0 amide bonds. The third-order valence-electron chi connectivity index (χ3n) is 5.10. The van der Waals surface area contributed by atoms with Gasteiger partial charge in [-0.25, -0.2) is 9.78 Å². The van der Waals surface area contributed by atoms with E-state index >= 15 is 0 Å². The zero-order valence-electron chi connectivity index (χ0n) is 16.2. The summed E-state index contributed by atoms with van der Waals surface area (Å²) in [6.45, 7) is 0.113. The maximum atomic E-state index is 12.4. The minimum atomic E-state index is -0.415. The van der Waals surface area contributed by atoms with Crippen LogP contribution in [0.5, 0.6) is 0 Å². The molecule has 4 heteroatoms. The molecule has 0 saturated heterocycles. The van der Waals surface area contributed by atoms with Crippen molar-refractivity contribution in [1.82, 2.24) is 9.97 Å². The highest BCUT2D eigenvalue weighted by atomic mass is 16.5. The van der Waals surface area contributed by atoms with Crippen LogP contribution in [0.15, 0.2) is 91.1 Å². The average Bonchev–Trinajstić information content (AvgIpc) is 2.81. The van der Waals surface area contributed by atoms with Crippen LogP contribution in [-0.4, -0.2) is 15.9 Å². The number of rotatable bonds is 4. The molecule has 0 bridgehead atoms. The van der Waals surface area contributed by atoms with E-state index in [4.69, 9.17) is 9.72 Å². The number of esters is 1. The van der Waals surface area contributed by atoms with Crippen LogP contribution >= 0.6 is 0 Å². The van der Waals surface area contributed by atoms with Gasteiger partial charge < -0.3 is 4.74 Å². The van der Waals surface area contributed by atoms with Gasteiger partial charge in [0.05, 0.1) is 16.7 Å². The van der Waals surface area contributed by atoms with Crippen LogP contribution < -0.4 is 0 Å². The molecule has 0 aliphatic heterocycles. The van der Waals surface area contributed by atoms with Gasteiger partial charge in [0.1, 0.15) is 6.61 Å². The molecule has 144 valence electrons. The lowest BCUT2D eigenvalue weighted by molar-refractivity contribution is -0.138. The van der Waals surface area contributed by atoms with E-state index in [2.05, 4.69) is 17.1 Å². The molecule has 5 aromatic rings. The summed E-state index contributed by atoms with van der Waals surface area (Å²) in [5, 5.41) is 4.21. The number of carbonyl (C=O) groups is 1. The minimum absolute atomic E-state index is 0.113. The van der Waals surface area contributed by atoms with Crippen molar-refractivity contribution < 1.29 is 9.53 Å². The van der Waals surface area contributed by atoms with Crippen molar-refractivity contribution in [2.75, 3.05) is 0 Å². The van der Waals surface area contributed by atoms with Crippen molar-refractivity contribution in [3.8, 4) is 0 Å². The molecule has 2 aromatic heterocycles. The summed E-state index contributed by atoms with van der Waals surface area (Å²) in [7, 11) is 0. The van der Waals surface area contributed by atoms with Gasteiger partial charge in [0.15, 0.2) is 0 Å². The van der Waals surface area contributed by atoms with Crippen LogP contribution in [-0.2, 0) is 16.1 Å². The van der Waals surface area contributed by atoms with Gasteiger partial charge >= 0.3 is 5.97 Å². The molecule has 2 heterocycles. The predicted octanol–water partition coefficient (Wildman–Crippen LogP) is 5.69. The van der Waals surface area contributed by atoms with Crippen molar-refractivity contribution >= 4 is 44.6 Å². The molecule has 0 unspecified atom stereocenters. The Balaban J connectivity index is 1.40. The van der Waals surface area contributed by atoms with Crippen LogP contribution in [0.1, 0.15) is 11.3 Å². The predicted molar refractivity (Wildman–Crippen MR) is 120 cm³/mol. The van der Waals surface area contributed by atoms with E-state index in [-0.39, 0.29) is 6.61 Å².